The van der Waals surface area contributed by atoms with Gasteiger partial charge in [0.05, 0.1) is 6.10 Å². The van der Waals surface area contributed by atoms with Gasteiger partial charge < -0.3 is 4.74 Å². The molecule has 0 heterocycles. The van der Waals surface area contributed by atoms with E-state index in [1.165, 1.54) is 45.4 Å². The van der Waals surface area contributed by atoms with Crippen molar-refractivity contribution in [2.45, 2.75) is 78.7 Å². The standard InChI is InChI=1S/C14H28O2/c1-5-6-7-8-9-12(2)10-11-13(3)16-14(4)15/h12-13H,5-11H2,1-4H3. The molecule has 2 heteroatoms. The first-order chi connectivity index (χ1) is 7.56. The summed E-state index contributed by atoms with van der Waals surface area (Å²) in [6.07, 6.45) is 8.92. The van der Waals surface area contributed by atoms with Gasteiger partial charge >= 0.3 is 5.97 Å². The van der Waals surface area contributed by atoms with Gasteiger partial charge in [0.25, 0.3) is 0 Å². The molecule has 0 rings (SSSR count). The third-order valence-electron chi connectivity index (χ3n) is 2.98. The van der Waals surface area contributed by atoms with Gasteiger partial charge in [-0.1, -0.05) is 46.0 Å². The molecule has 0 aliphatic carbocycles. The quantitative estimate of drug-likeness (QED) is 0.434. The number of carbonyl (C=O) groups is 1. The lowest BCUT2D eigenvalue weighted by atomic mass is 9.96. The number of unbranched alkanes of at least 4 members (excludes halogenated alkanes) is 3. The average Bonchev–Trinajstić information content (AvgIpc) is 2.20. The van der Waals surface area contributed by atoms with E-state index >= 15 is 0 Å². The number of rotatable bonds is 9. The summed E-state index contributed by atoms with van der Waals surface area (Å²) in [7, 11) is 0. The number of hydrogen-bond acceptors (Lipinski definition) is 2. The molecule has 2 unspecified atom stereocenters. The molecule has 0 amide bonds. The fourth-order valence-electron chi connectivity index (χ4n) is 1.93. The highest BCUT2D eigenvalue weighted by molar-refractivity contribution is 5.66. The van der Waals surface area contributed by atoms with Crippen LogP contribution < -0.4 is 0 Å². The largest absolute Gasteiger partial charge is 0.463 e. The zero-order chi connectivity index (χ0) is 12.4. The van der Waals surface area contributed by atoms with Crippen molar-refractivity contribution in [1.82, 2.24) is 0 Å². The van der Waals surface area contributed by atoms with Crippen LogP contribution >= 0.6 is 0 Å². The Morgan fingerprint density at radius 1 is 1.06 bits per heavy atom. The van der Waals surface area contributed by atoms with E-state index in [1.54, 1.807) is 0 Å². The minimum atomic E-state index is -0.164. The Labute approximate surface area is 101 Å². The topological polar surface area (TPSA) is 26.3 Å². The molecule has 16 heavy (non-hydrogen) atoms. The first-order valence-corrected chi connectivity index (χ1v) is 6.73. The van der Waals surface area contributed by atoms with Crippen LogP contribution in [0.3, 0.4) is 0 Å². The highest BCUT2D eigenvalue weighted by Crippen LogP contribution is 2.17. The Bertz CT molecular complexity index is 178. The van der Waals surface area contributed by atoms with Crippen molar-refractivity contribution in [3.63, 3.8) is 0 Å². The zero-order valence-corrected chi connectivity index (χ0v) is 11.4. The molecule has 96 valence electrons. The van der Waals surface area contributed by atoms with E-state index in [4.69, 9.17) is 4.74 Å². The maximum Gasteiger partial charge on any atom is 0.302 e. The Kier molecular flexibility index (Phi) is 9.36. The van der Waals surface area contributed by atoms with Crippen LogP contribution in [0.2, 0.25) is 0 Å². The maximum absolute atomic E-state index is 10.7. The third-order valence-corrected chi connectivity index (χ3v) is 2.98. The summed E-state index contributed by atoms with van der Waals surface area (Å²) < 4.78 is 5.10. The molecule has 0 aromatic heterocycles. The van der Waals surface area contributed by atoms with E-state index < -0.39 is 0 Å². The predicted molar refractivity (Wildman–Crippen MR) is 68.4 cm³/mol. The Balaban J connectivity index is 3.41. The average molecular weight is 228 g/mol. The van der Waals surface area contributed by atoms with Gasteiger partial charge in [0.15, 0.2) is 0 Å². The van der Waals surface area contributed by atoms with Gasteiger partial charge in [0.2, 0.25) is 0 Å². The first-order valence-electron chi connectivity index (χ1n) is 6.73. The van der Waals surface area contributed by atoms with Crippen molar-refractivity contribution in [1.29, 1.82) is 0 Å². The Morgan fingerprint density at radius 3 is 2.31 bits per heavy atom. The molecule has 0 bridgehead atoms. The number of esters is 1. The van der Waals surface area contributed by atoms with Crippen LogP contribution in [0.15, 0.2) is 0 Å². The van der Waals surface area contributed by atoms with E-state index in [9.17, 15) is 4.79 Å². The van der Waals surface area contributed by atoms with Crippen LogP contribution in [-0.4, -0.2) is 12.1 Å². The minimum Gasteiger partial charge on any atom is -0.463 e. The maximum atomic E-state index is 10.7. The summed E-state index contributed by atoms with van der Waals surface area (Å²) in [5, 5.41) is 0. The molecule has 0 fully saturated rings. The van der Waals surface area contributed by atoms with Gasteiger partial charge in [-0.05, 0) is 25.7 Å². The first kappa shape index (κ1) is 15.5. The normalized spacial score (nSPS) is 14.5. The van der Waals surface area contributed by atoms with E-state index in [-0.39, 0.29) is 12.1 Å². The van der Waals surface area contributed by atoms with Crippen LogP contribution in [-0.2, 0) is 9.53 Å². The van der Waals surface area contributed by atoms with Crippen LogP contribution in [0, 0.1) is 5.92 Å². The molecular formula is C14H28O2. The number of hydrogen-bond donors (Lipinski definition) is 0. The van der Waals surface area contributed by atoms with Gasteiger partial charge in [-0.15, -0.1) is 0 Å². The summed E-state index contributed by atoms with van der Waals surface area (Å²) in [5.74, 6) is 0.595. The summed E-state index contributed by atoms with van der Waals surface area (Å²) >= 11 is 0. The molecule has 0 aromatic rings. The zero-order valence-electron chi connectivity index (χ0n) is 11.4. The lowest BCUT2D eigenvalue weighted by molar-refractivity contribution is -0.145. The van der Waals surface area contributed by atoms with Crippen molar-refractivity contribution < 1.29 is 9.53 Å². The molecule has 2 atom stereocenters. The van der Waals surface area contributed by atoms with Gasteiger partial charge in [0, 0.05) is 6.92 Å². The fourth-order valence-corrected chi connectivity index (χ4v) is 1.93. The van der Waals surface area contributed by atoms with Crippen molar-refractivity contribution in [2.75, 3.05) is 0 Å². The lowest BCUT2D eigenvalue weighted by Gasteiger charge is -2.15. The second-order valence-electron chi connectivity index (χ2n) is 4.95. The second-order valence-corrected chi connectivity index (χ2v) is 4.95. The monoisotopic (exact) mass is 228 g/mol. The smallest absolute Gasteiger partial charge is 0.302 e. The van der Waals surface area contributed by atoms with E-state index in [0.29, 0.717) is 0 Å². The second kappa shape index (κ2) is 9.68. The summed E-state index contributed by atoms with van der Waals surface area (Å²) in [5.41, 5.74) is 0. The molecule has 0 saturated heterocycles. The van der Waals surface area contributed by atoms with E-state index in [1.807, 2.05) is 6.92 Å². The molecule has 0 spiro atoms. The highest BCUT2D eigenvalue weighted by Gasteiger charge is 2.08. The van der Waals surface area contributed by atoms with Gasteiger partial charge in [-0.3, -0.25) is 4.79 Å². The molecular weight excluding hydrogens is 200 g/mol. The van der Waals surface area contributed by atoms with Gasteiger partial charge in [-0.2, -0.15) is 0 Å². The molecule has 0 N–H and O–H groups in total. The SMILES string of the molecule is CCCCCCC(C)CCC(C)OC(C)=O. The minimum absolute atomic E-state index is 0.0793. The van der Waals surface area contributed by atoms with Gasteiger partial charge in [0.1, 0.15) is 0 Å². The van der Waals surface area contributed by atoms with Crippen molar-refractivity contribution >= 4 is 5.97 Å². The van der Waals surface area contributed by atoms with Crippen LogP contribution in [0.25, 0.3) is 0 Å². The summed E-state index contributed by atoms with van der Waals surface area (Å²) in [6, 6.07) is 0. The Morgan fingerprint density at radius 2 is 1.75 bits per heavy atom. The number of ether oxygens (including phenoxy) is 1. The van der Waals surface area contributed by atoms with Crippen LogP contribution in [0.1, 0.15) is 72.6 Å². The molecule has 2 nitrogen and oxygen atoms in total. The van der Waals surface area contributed by atoms with Crippen molar-refractivity contribution in [2.24, 2.45) is 5.92 Å². The van der Waals surface area contributed by atoms with Crippen LogP contribution in [0.4, 0.5) is 0 Å². The summed E-state index contributed by atoms with van der Waals surface area (Å²) in [6.45, 7) is 7.99. The van der Waals surface area contributed by atoms with E-state index in [2.05, 4.69) is 13.8 Å². The van der Waals surface area contributed by atoms with Crippen molar-refractivity contribution in [3.05, 3.63) is 0 Å². The molecule has 0 aromatic carbocycles. The van der Waals surface area contributed by atoms with Crippen molar-refractivity contribution in [3.8, 4) is 0 Å². The molecule has 0 saturated carbocycles. The van der Waals surface area contributed by atoms with Gasteiger partial charge in [-0.25, -0.2) is 0 Å². The molecule has 0 aliphatic rings. The van der Waals surface area contributed by atoms with E-state index in [0.717, 1.165) is 12.3 Å². The third kappa shape index (κ3) is 10.0. The predicted octanol–water partition coefficient (Wildman–Crippen LogP) is 4.32. The molecule has 0 radical (unpaired) electrons. The fraction of sp³-hybridized carbons (Fsp3) is 0.929. The lowest BCUT2D eigenvalue weighted by Crippen LogP contribution is -2.13. The summed E-state index contributed by atoms with van der Waals surface area (Å²) in [4.78, 5) is 10.7. The Hall–Kier alpha value is -0.530. The highest BCUT2D eigenvalue weighted by atomic mass is 16.5. The molecule has 0 aliphatic heterocycles. The van der Waals surface area contributed by atoms with Crippen LogP contribution in [0.5, 0.6) is 0 Å². The number of carbonyl (C=O) groups excluding carboxylic acids is 1.